The molecule has 2 aromatic carbocycles. The summed E-state index contributed by atoms with van der Waals surface area (Å²) >= 11 is 0. The summed E-state index contributed by atoms with van der Waals surface area (Å²) in [5.41, 5.74) is 3.72. The first-order valence-electron chi connectivity index (χ1n) is 11.8. The number of piperidine rings is 1. The number of amides is 1. The van der Waals surface area contributed by atoms with Gasteiger partial charge >= 0.3 is 0 Å². The Kier molecular flexibility index (Phi) is 6.12. The molecule has 1 atom stereocenters. The predicted octanol–water partition coefficient (Wildman–Crippen LogP) is 4.70. The molecular weight excluding hydrogens is 388 g/mol. The quantitative estimate of drug-likeness (QED) is 0.679. The normalized spacial score (nSPS) is 20.3. The average Bonchev–Trinajstić information content (AvgIpc) is 3.31. The van der Waals surface area contributed by atoms with Gasteiger partial charge in [0.15, 0.2) is 11.5 Å². The van der Waals surface area contributed by atoms with E-state index in [0.717, 1.165) is 56.0 Å². The lowest BCUT2D eigenvalue weighted by Crippen LogP contribution is -2.39. The summed E-state index contributed by atoms with van der Waals surface area (Å²) in [5, 5.41) is 0. The molecule has 1 aliphatic carbocycles. The lowest BCUT2D eigenvalue weighted by atomic mass is 9.86. The Morgan fingerprint density at radius 3 is 2.77 bits per heavy atom. The van der Waals surface area contributed by atoms with Crippen molar-refractivity contribution in [3.05, 3.63) is 59.2 Å². The van der Waals surface area contributed by atoms with Gasteiger partial charge in [0, 0.05) is 18.5 Å². The number of ether oxygens (including phenoxy) is 2. The van der Waals surface area contributed by atoms with Crippen molar-refractivity contribution in [3.63, 3.8) is 0 Å². The van der Waals surface area contributed by atoms with E-state index in [1.165, 1.54) is 30.4 Å². The Morgan fingerprint density at radius 1 is 1.00 bits per heavy atom. The van der Waals surface area contributed by atoms with E-state index in [1.54, 1.807) is 0 Å². The van der Waals surface area contributed by atoms with E-state index in [4.69, 9.17) is 9.47 Å². The number of aryl methyl sites for hydroxylation is 1. The lowest BCUT2D eigenvalue weighted by Gasteiger charge is -2.37. The third-order valence-electron chi connectivity index (χ3n) is 6.94. The Labute approximate surface area is 184 Å². The van der Waals surface area contributed by atoms with Crippen LogP contribution in [0.3, 0.4) is 0 Å². The zero-order valence-corrected chi connectivity index (χ0v) is 18.2. The maximum Gasteiger partial charge on any atom is 0.231 e. The highest BCUT2D eigenvalue weighted by Crippen LogP contribution is 2.40. The van der Waals surface area contributed by atoms with Gasteiger partial charge in [-0.25, -0.2) is 0 Å². The zero-order valence-electron chi connectivity index (χ0n) is 18.2. The van der Waals surface area contributed by atoms with Gasteiger partial charge in [0.2, 0.25) is 12.7 Å². The molecule has 0 N–H and O–H groups in total. The van der Waals surface area contributed by atoms with Crippen molar-refractivity contribution < 1.29 is 14.3 Å². The first-order valence-corrected chi connectivity index (χ1v) is 11.8. The largest absolute Gasteiger partial charge is 0.454 e. The van der Waals surface area contributed by atoms with E-state index in [-0.39, 0.29) is 18.7 Å². The SMILES string of the molecule is O=C(CCN1CCCCC1)N(Cc1cccc2c1OCO2)C1CCCc2ccccc21. The van der Waals surface area contributed by atoms with E-state index in [2.05, 4.69) is 40.1 Å². The van der Waals surface area contributed by atoms with Gasteiger partial charge in [-0.1, -0.05) is 42.8 Å². The van der Waals surface area contributed by atoms with Crippen LogP contribution in [0.2, 0.25) is 0 Å². The highest BCUT2D eigenvalue weighted by Gasteiger charge is 2.31. The van der Waals surface area contributed by atoms with Crippen molar-refractivity contribution in [1.82, 2.24) is 9.80 Å². The van der Waals surface area contributed by atoms with Crippen LogP contribution in [0.5, 0.6) is 11.5 Å². The molecule has 164 valence electrons. The second-order valence-electron chi connectivity index (χ2n) is 8.93. The second-order valence-corrected chi connectivity index (χ2v) is 8.93. The maximum absolute atomic E-state index is 13.6. The van der Waals surface area contributed by atoms with Gasteiger partial charge in [-0.3, -0.25) is 4.79 Å². The Bertz CT molecular complexity index is 923. The van der Waals surface area contributed by atoms with Crippen LogP contribution in [0.15, 0.2) is 42.5 Å². The third-order valence-corrected chi connectivity index (χ3v) is 6.94. The molecule has 1 amide bonds. The summed E-state index contributed by atoms with van der Waals surface area (Å²) in [6.45, 7) is 3.91. The molecule has 0 spiro atoms. The number of fused-ring (bicyclic) bond motifs is 2. The van der Waals surface area contributed by atoms with E-state index >= 15 is 0 Å². The zero-order chi connectivity index (χ0) is 21.0. The van der Waals surface area contributed by atoms with Gasteiger partial charge in [-0.05, 0) is 62.4 Å². The van der Waals surface area contributed by atoms with E-state index in [9.17, 15) is 4.79 Å². The molecule has 0 bridgehead atoms. The van der Waals surface area contributed by atoms with Crippen LogP contribution < -0.4 is 9.47 Å². The molecule has 5 nitrogen and oxygen atoms in total. The number of para-hydroxylation sites is 1. The van der Waals surface area contributed by atoms with E-state index < -0.39 is 0 Å². The number of benzene rings is 2. The van der Waals surface area contributed by atoms with Crippen molar-refractivity contribution >= 4 is 5.91 Å². The molecule has 0 radical (unpaired) electrons. The smallest absolute Gasteiger partial charge is 0.231 e. The molecule has 1 saturated heterocycles. The third kappa shape index (κ3) is 4.42. The number of rotatable bonds is 6. The number of hydrogen-bond acceptors (Lipinski definition) is 4. The maximum atomic E-state index is 13.6. The minimum atomic E-state index is 0.122. The van der Waals surface area contributed by atoms with Crippen LogP contribution in [-0.4, -0.2) is 42.1 Å². The van der Waals surface area contributed by atoms with Gasteiger partial charge < -0.3 is 19.3 Å². The van der Waals surface area contributed by atoms with Crippen molar-refractivity contribution in [2.75, 3.05) is 26.4 Å². The number of hydrogen-bond donors (Lipinski definition) is 0. The van der Waals surface area contributed by atoms with Crippen LogP contribution in [0, 0.1) is 0 Å². The van der Waals surface area contributed by atoms with Crippen LogP contribution in [0.1, 0.15) is 61.3 Å². The molecule has 5 heteroatoms. The molecular formula is C26H32N2O3. The summed E-state index contributed by atoms with van der Waals surface area (Å²) in [6, 6.07) is 14.8. The van der Waals surface area contributed by atoms with Crippen LogP contribution >= 0.6 is 0 Å². The minimum absolute atomic E-state index is 0.122. The molecule has 1 unspecified atom stereocenters. The molecule has 2 aliphatic heterocycles. The van der Waals surface area contributed by atoms with Crippen LogP contribution in [0.25, 0.3) is 0 Å². The molecule has 0 aromatic heterocycles. The summed E-state index contributed by atoms with van der Waals surface area (Å²) in [7, 11) is 0. The fourth-order valence-corrected chi connectivity index (χ4v) is 5.30. The van der Waals surface area contributed by atoms with Crippen molar-refractivity contribution in [2.45, 2.75) is 57.5 Å². The van der Waals surface area contributed by atoms with Gasteiger partial charge in [0.05, 0.1) is 12.6 Å². The Hall–Kier alpha value is -2.53. The van der Waals surface area contributed by atoms with Gasteiger partial charge in [0.1, 0.15) is 0 Å². The highest BCUT2D eigenvalue weighted by molar-refractivity contribution is 5.77. The molecule has 0 saturated carbocycles. The summed E-state index contributed by atoms with van der Waals surface area (Å²) in [4.78, 5) is 18.2. The predicted molar refractivity (Wildman–Crippen MR) is 120 cm³/mol. The fourth-order valence-electron chi connectivity index (χ4n) is 5.30. The topological polar surface area (TPSA) is 42.0 Å². The molecule has 2 heterocycles. The van der Waals surface area contributed by atoms with Crippen molar-refractivity contribution in [3.8, 4) is 11.5 Å². The highest BCUT2D eigenvalue weighted by atomic mass is 16.7. The molecule has 1 fully saturated rings. The number of nitrogens with zero attached hydrogens (tertiary/aromatic N) is 2. The fraction of sp³-hybridized carbons (Fsp3) is 0.500. The number of likely N-dealkylation sites (tertiary alicyclic amines) is 1. The van der Waals surface area contributed by atoms with Crippen molar-refractivity contribution in [2.24, 2.45) is 0 Å². The van der Waals surface area contributed by atoms with Crippen molar-refractivity contribution in [1.29, 1.82) is 0 Å². The van der Waals surface area contributed by atoms with Gasteiger partial charge in [-0.2, -0.15) is 0 Å². The first kappa shape index (κ1) is 20.4. The molecule has 5 rings (SSSR count). The lowest BCUT2D eigenvalue weighted by molar-refractivity contribution is -0.135. The first-order chi connectivity index (χ1) is 15.3. The Balaban J connectivity index is 1.40. The second kappa shape index (κ2) is 9.31. The summed E-state index contributed by atoms with van der Waals surface area (Å²) in [6.07, 6.45) is 7.62. The molecule has 3 aliphatic rings. The average molecular weight is 421 g/mol. The van der Waals surface area contributed by atoms with Crippen LogP contribution in [0.4, 0.5) is 0 Å². The monoisotopic (exact) mass is 420 g/mol. The van der Waals surface area contributed by atoms with E-state index in [1.807, 2.05) is 12.1 Å². The molecule has 2 aromatic rings. The summed E-state index contributed by atoms with van der Waals surface area (Å²) in [5.74, 6) is 1.81. The standard InChI is InChI=1S/C26H32N2O3/c29-25(14-17-27-15-4-1-5-16-27)28(18-21-10-7-13-24-26(21)31-19-30-24)23-12-6-9-20-8-2-3-11-22(20)23/h2-3,7-8,10-11,13,23H,1,4-6,9,12,14-19H2. The minimum Gasteiger partial charge on any atom is -0.454 e. The van der Waals surface area contributed by atoms with E-state index in [0.29, 0.717) is 13.0 Å². The van der Waals surface area contributed by atoms with Gasteiger partial charge in [0.25, 0.3) is 0 Å². The summed E-state index contributed by atoms with van der Waals surface area (Å²) < 4.78 is 11.3. The van der Waals surface area contributed by atoms with Gasteiger partial charge in [-0.15, -0.1) is 0 Å². The number of carbonyl (C=O) groups excluding carboxylic acids is 1. The van der Waals surface area contributed by atoms with Crippen LogP contribution in [-0.2, 0) is 17.8 Å². The number of carbonyl (C=O) groups is 1. The Morgan fingerprint density at radius 2 is 1.87 bits per heavy atom. The molecule has 31 heavy (non-hydrogen) atoms.